The van der Waals surface area contributed by atoms with E-state index in [4.69, 9.17) is 4.42 Å². The standard InChI is InChI=1S/C11H13NO5/c13-8-4-2-1-3-7(8)11(14)9-5-6-10(17-9)12(15)16/h5-7,11,14H,1-4H2/t7-,11-/m1/s1. The van der Waals surface area contributed by atoms with E-state index in [1.807, 2.05) is 0 Å². The fourth-order valence-corrected chi connectivity index (χ4v) is 2.14. The second-order valence-electron chi connectivity index (χ2n) is 4.20. The number of hydrogen-bond donors (Lipinski definition) is 1. The van der Waals surface area contributed by atoms with Gasteiger partial charge in [0, 0.05) is 6.42 Å². The van der Waals surface area contributed by atoms with Gasteiger partial charge in [0.05, 0.1) is 12.0 Å². The molecule has 6 heteroatoms. The minimum absolute atomic E-state index is 0.00260. The summed E-state index contributed by atoms with van der Waals surface area (Å²) in [5.74, 6) is -0.809. The van der Waals surface area contributed by atoms with Crippen LogP contribution in [-0.4, -0.2) is 15.8 Å². The number of carbonyl (C=O) groups excluding carboxylic acids is 1. The van der Waals surface area contributed by atoms with Crippen molar-refractivity contribution in [1.82, 2.24) is 0 Å². The lowest BCUT2D eigenvalue weighted by molar-refractivity contribution is -0.402. The van der Waals surface area contributed by atoms with Gasteiger partial charge < -0.3 is 9.52 Å². The number of Topliss-reactive ketones (excluding diaryl/α,β-unsaturated/α-hetero) is 1. The zero-order chi connectivity index (χ0) is 12.4. The quantitative estimate of drug-likeness (QED) is 0.642. The highest BCUT2D eigenvalue weighted by molar-refractivity contribution is 5.82. The molecule has 0 aliphatic heterocycles. The van der Waals surface area contributed by atoms with Gasteiger partial charge in [0.25, 0.3) is 0 Å². The first-order valence-corrected chi connectivity index (χ1v) is 5.54. The maximum Gasteiger partial charge on any atom is 0.433 e. The van der Waals surface area contributed by atoms with Gasteiger partial charge in [-0.15, -0.1) is 0 Å². The van der Waals surface area contributed by atoms with Crippen LogP contribution >= 0.6 is 0 Å². The fraction of sp³-hybridized carbons (Fsp3) is 0.545. The average Bonchev–Trinajstić information content (AvgIpc) is 2.78. The maximum atomic E-state index is 11.6. The molecule has 0 radical (unpaired) electrons. The molecular weight excluding hydrogens is 226 g/mol. The Morgan fingerprint density at radius 2 is 2.24 bits per heavy atom. The van der Waals surface area contributed by atoms with E-state index >= 15 is 0 Å². The molecule has 2 atom stereocenters. The molecular formula is C11H13NO5. The molecule has 1 aromatic heterocycles. The Morgan fingerprint density at radius 3 is 2.82 bits per heavy atom. The molecule has 1 heterocycles. The second-order valence-corrected chi connectivity index (χ2v) is 4.20. The third-order valence-corrected chi connectivity index (χ3v) is 3.07. The van der Waals surface area contributed by atoms with Gasteiger partial charge in [-0.05, 0) is 18.9 Å². The number of rotatable bonds is 3. The van der Waals surface area contributed by atoms with E-state index in [9.17, 15) is 20.0 Å². The Bertz CT molecular complexity index is 439. The van der Waals surface area contributed by atoms with Crippen LogP contribution in [0.25, 0.3) is 0 Å². The van der Waals surface area contributed by atoms with Crippen LogP contribution in [0.3, 0.4) is 0 Å². The van der Waals surface area contributed by atoms with Crippen molar-refractivity contribution < 1.29 is 19.2 Å². The van der Waals surface area contributed by atoms with Gasteiger partial charge in [-0.1, -0.05) is 6.42 Å². The zero-order valence-corrected chi connectivity index (χ0v) is 9.17. The van der Waals surface area contributed by atoms with Gasteiger partial charge in [0.2, 0.25) is 0 Å². The molecule has 0 spiro atoms. The molecule has 1 N–H and O–H groups in total. The maximum absolute atomic E-state index is 11.6. The summed E-state index contributed by atoms with van der Waals surface area (Å²) in [6.45, 7) is 0. The zero-order valence-electron chi connectivity index (χ0n) is 9.17. The van der Waals surface area contributed by atoms with Crippen LogP contribution in [0.1, 0.15) is 37.5 Å². The second kappa shape index (κ2) is 4.67. The molecule has 1 aromatic rings. The Morgan fingerprint density at radius 1 is 1.47 bits per heavy atom. The van der Waals surface area contributed by atoms with E-state index in [-0.39, 0.29) is 11.5 Å². The summed E-state index contributed by atoms with van der Waals surface area (Å²) in [6, 6.07) is 2.54. The molecule has 1 aliphatic rings. The molecule has 2 rings (SSSR count). The van der Waals surface area contributed by atoms with Crippen molar-refractivity contribution in [3.05, 3.63) is 28.0 Å². The Hall–Kier alpha value is -1.69. The fourth-order valence-electron chi connectivity index (χ4n) is 2.14. The van der Waals surface area contributed by atoms with E-state index in [1.165, 1.54) is 12.1 Å². The Labute approximate surface area is 97.4 Å². The molecule has 17 heavy (non-hydrogen) atoms. The van der Waals surface area contributed by atoms with Crippen LogP contribution in [0.2, 0.25) is 0 Å². The number of aliphatic hydroxyl groups excluding tert-OH is 1. The molecule has 0 bridgehead atoms. The first kappa shape index (κ1) is 11.8. The van der Waals surface area contributed by atoms with Gasteiger partial charge in [0.15, 0.2) is 0 Å². The lowest BCUT2D eigenvalue weighted by atomic mass is 9.83. The third-order valence-electron chi connectivity index (χ3n) is 3.07. The van der Waals surface area contributed by atoms with E-state index in [0.717, 1.165) is 12.8 Å². The number of carbonyl (C=O) groups is 1. The Balaban J connectivity index is 2.14. The minimum atomic E-state index is -1.07. The highest BCUT2D eigenvalue weighted by atomic mass is 16.6. The number of furan rings is 1. The average molecular weight is 239 g/mol. The number of nitrogens with zero attached hydrogens (tertiary/aromatic N) is 1. The van der Waals surface area contributed by atoms with Crippen molar-refractivity contribution in [2.45, 2.75) is 31.8 Å². The molecule has 1 fully saturated rings. The van der Waals surface area contributed by atoms with E-state index in [0.29, 0.717) is 12.8 Å². The third kappa shape index (κ3) is 2.36. The molecule has 1 saturated carbocycles. The smallest absolute Gasteiger partial charge is 0.403 e. The first-order chi connectivity index (χ1) is 8.09. The molecule has 0 saturated heterocycles. The van der Waals surface area contributed by atoms with Crippen LogP contribution in [0.4, 0.5) is 5.88 Å². The molecule has 6 nitrogen and oxygen atoms in total. The van der Waals surface area contributed by atoms with Crippen molar-refractivity contribution in [2.24, 2.45) is 5.92 Å². The monoisotopic (exact) mass is 239 g/mol. The van der Waals surface area contributed by atoms with Crippen LogP contribution in [0.5, 0.6) is 0 Å². The summed E-state index contributed by atoms with van der Waals surface area (Å²) in [4.78, 5) is 21.4. The highest BCUT2D eigenvalue weighted by Crippen LogP contribution is 2.33. The minimum Gasteiger partial charge on any atom is -0.403 e. The van der Waals surface area contributed by atoms with E-state index in [2.05, 4.69) is 0 Å². The van der Waals surface area contributed by atoms with Crippen molar-refractivity contribution in [2.75, 3.05) is 0 Å². The topological polar surface area (TPSA) is 93.6 Å². The van der Waals surface area contributed by atoms with Gasteiger partial charge in [-0.3, -0.25) is 14.9 Å². The van der Waals surface area contributed by atoms with Gasteiger partial charge in [-0.2, -0.15) is 0 Å². The molecule has 0 unspecified atom stereocenters. The van der Waals surface area contributed by atoms with Crippen LogP contribution in [0.15, 0.2) is 16.5 Å². The summed E-state index contributed by atoms with van der Waals surface area (Å²) < 4.78 is 4.91. The van der Waals surface area contributed by atoms with Crippen molar-refractivity contribution in [1.29, 1.82) is 0 Å². The predicted molar refractivity (Wildman–Crippen MR) is 57.3 cm³/mol. The molecule has 1 aliphatic carbocycles. The highest BCUT2D eigenvalue weighted by Gasteiger charge is 2.32. The normalized spacial score (nSPS) is 22.4. The van der Waals surface area contributed by atoms with Crippen LogP contribution < -0.4 is 0 Å². The van der Waals surface area contributed by atoms with E-state index in [1.54, 1.807) is 0 Å². The SMILES string of the molecule is O=C1CCCC[C@H]1[C@@H](O)c1ccc([N+](=O)[O-])o1. The van der Waals surface area contributed by atoms with Crippen molar-refractivity contribution in [3.63, 3.8) is 0 Å². The van der Waals surface area contributed by atoms with Crippen molar-refractivity contribution in [3.8, 4) is 0 Å². The number of aliphatic hydroxyl groups is 1. The number of nitro groups is 1. The van der Waals surface area contributed by atoms with Gasteiger partial charge >= 0.3 is 5.88 Å². The van der Waals surface area contributed by atoms with Gasteiger partial charge in [-0.25, -0.2) is 0 Å². The molecule has 0 aromatic carbocycles. The molecule has 92 valence electrons. The van der Waals surface area contributed by atoms with Gasteiger partial charge in [0.1, 0.15) is 22.6 Å². The lowest BCUT2D eigenvalue weighted by Crippen LogP contribution is -2.25. The summed E-state index contributed by atoms with van der Waals surface area (Å²) >= 11 is 0. The summed E-state index contributed by atoms with van der Waals surface area (Å²) in [5, 5.41) is 20.4. The predicted octanol–water partition coefficient (Wildman–Crippen LogP) is 1.98. The number of hydrogen-bond acceptors (Lipinski definition) is 5. The summed E-state index contributed by atoms with van der Waals surface area (Å²) in [5.41, 5.74) is 0. The van der Waals surface area contributed by atoms with Crippen LogP contribution in [-0.2, 0) is 4.79 Å². The Kier molecular flexibility index (Phi) is 3.23. The van der Waals surface area contributed by atoms with E-state index < -0.39 is 22.8 Å². The summed E-state index contributed by atoms with van der Waals surface area (Å²) in [6.07, 6.45) is 1.73. The first-order valence-electron chi connectivity index (χ1n) is 5.54. The lowest BCUT2D eigenvalue weighted by Gasteiger charge is -2.23. The summed E-state index contributed by atoms with van der Waals surface area (Å²) in [7, 11) is 0. The van der Waals surface area contributed by atoms with Crippen LogP contribution in [0, 0.1) is 16.0 Å². The van der Waals surface area contributed by atoms with Crippen molar-refractivity contribution >= 4 is 11.7 Å². The largest absolute Gasteiger partial charge is 0.433 e. The number of ketones is 1. The molecule has 0 amide bonds.